The fraction of sp³-hybridized carbons (Fsp3) is 0.478. The number of carbonyl (C=O) groups is 1. The summed E-state index contributed by atoms with van der Waals surface area (Å²) in [5.74, 6) is 1.32. The van der Waals surface area contributed by atoms with Crippen LogP contribution in [0.3, 0.4) is 0 Å². The van der Waals surface area contributed by atoms with Gasteiger partial charge in [-0.05, 0) is 54.7 Å². The Morgan fingerprint density at radius 3 is 2.67 bits per heavy atom. The molecule has 0 bridgehead atoms. The lowest BCUT2D eigenvalue weighted by Gasteiger charge is -2.37. The van der Waals surface area contributed by atoms with Gasteiger partial charge in [0.05, 0.1) is 6.20 Å². The summed E-state index contributed by atoms with van der Waals surface area (Å²) in [6.07, 6.45) is 11.4. The van der Waals surface area contributed by atoms with E-state index in [1.807, 2.05) is 30.6 Å². The Bertz CT molecular complexity index is 999. The number of hydrogen-bond acceptors (Lipinski definition) is 5. The minimum Gasteiger partial charge on any atom is -0.366 e. The molecule has 30 heavy (non-hydrogen) atoms. The van der Waals surface area contributed by atoms with Crippen LogP contribution in [0.25, 0.3) is 5.65 Å². The second-order valence-corrected chi connectivity index (χ2v) is 9.24. The molecule has 0 radical (unpaired) electrons. The van der Waals surface area contributed by atoms with Crippen molar-refractivity contribution in [2.45, 2.75) is 59.0 Å². The van der Waals surface area contributed by atoms with Gasteiger partial charge in [0.1, 0.15) is 11.4 Å². The third kappa shape index (κ3) is 4.61. The molecule has 3 aromatic rings. The van der Waals surface area contributed by atoms with Crippen LogP contribution < -0.4 is 10.6 Å². The van der Waals surface area contributed by atoms with Gasteiger partial charge >= 0.3 is 0 Å². The maximum absolute atomic E-state index is 12.9. The van der Waals surface area contributed by atoms with Crippen molar-refractivity contribution >= 4 is 17.4 Å². The lowest BCUT2D eigenvalue weighted by atomic mass is 9.71. The van der Waals surface area contributed by atoms with E-state index in [9.17, 15) is 4.79 Å². The van der Waals surface area contributed by atoms with Crippen molar-refractivity contribution < 1.29 is 4.79 Å². The van der Waals surface area contributed by atoms with Crippen LogP contribution in [0.5, 0.6) is 0 Å². The minimum absolute atomic E-state index is 0.0962. The number of hydrogen-bond donors (Lipinski definition) is 2. The molecule has 3 aromatic heterocycles. The lowest BCUT2D eigenvalue weighted by Crippen LogP contribution is -2.39. The van der Waals surface area contributed by atoms with E-state index in [1.54, 1.807) is 16.9 Å². The van der Waals surface area contributed by atoms with Crippen LogP contribution in [-0.2, 0) is 6.54 Å². The molecule has 0 aromatic carbocycles. The van der Waals surface area contributed by atoms with Crippen LogP contribution in [0, 0.1) is 11.3 Å². The Morgan fingerprint density at radius 2 is 1.97 bits per heavy atom. The molecule has 1 aliphatic carbocycles. The van der Waals surface area contributed by atoms with E-state index in [1.165, 1.54) is 0 Å². The highest BCUT2D eigenvalue weighted by atomic mass is 16.1. The monoisotopic (exact) mass is 406 g/mol. The van der Waals surface area contributed by atoms with Gasteiger partial charge in [-0.2, -0.15) is 5.10 Å². The van der Waals surface area contributed by atoms with E-state index in [0.717, 1.165) is 37.2 Å². The first-order chi connectivity index (χ1) is 14.4. The van der Waals surface area contributed by atoms with Crippen LogP contribution in [-0.4, -0.2) is 31.5 Å². The molecule has 7 nitrogen and oxygen atoms in total. The van der Waals surface area contributed by atoms with Gasteiger partial charge in [-0.1, -0.05) is 26.8 Å². The SMILES string of the molecule is CC(C)(C)C1CCC(NC(=O)c2cnn3ccc(NCc4cccnc4)nc23)CC1. The molecule has 0 unspecified atom stereocenters. The average Bonchev–Trinajstić information content (AvgIpc) is 3.16. The Morgan fingerprint density at radius 1 is 1.17 bits per heavy atom. The van der Waals surface area contributed by atoms with Crippen molar-refractivity contribution in [2.75, 3.05) is 5.32 Å². The average molecular weight is 407 g/mol. The summed E-state index contributed by atoms with van der Waals surface area (Å²) in [5.41, 5.74) is 2.47. The number of amides is 1. The number of anilines is 1. The number of nitrogens with zero attached hydrogens (tertiary/aromatic N) is 4. The first kappa shape index (κ1) is 20.3. The van der Waals surface area contributed by atoms with Crippen molar-refractivity contribution in [1.29, 1.82) is 0 Å². The van der Waals surface area contributed by atoms with E-state index >= 15 is 0 Å². The molecule has 1 fully saturated rings. The van der Waals surface area contributed by atoms with E-state index < -0.39 is 0 Å². The molecule has 3 heterocycles. The third-order valence-electron chi connectivity index (χ3n) is 6.10. The second-order valence-electron chi connectivity index (χ2n) is 9.24. The smallest absolute Gasteiger partial charge is 0.256 e. The molecule has 0 spiro atoms. The molecule has 2 N–H and O–H groups in total. The molecule has 0 saturated heterocycles. The highest BCUT2D eigenvalue weighted by Crippen LogP contribution is 2.37. The standard InChI is InChI=1S/C23H30N6O/c1-23(2,3)17-6-8-18(9-7-17)27-22(30)19-15-26-29-12-10-20(28-21(19)29)25-14-16-5-4-11-24-13-16/h4-5,10-13,15,17-18H,6-9,14H2,1-3H3,(H,25,28)(H,27,30). The largest absolute Gasteiger partial charge is 0.366 e. The first-order valence-corrected chi connectivity index (χ1v) is 10.7. The van der Waals surface area contributed by atoms with Gasteiger partial charge in [0.15, 0.2) is 5.65 Å². The molecule has 1 aliphatic rings. The highest BCUT2D eigenvalue weighted by Gasteiger charge is 2.30. The van der Waals surface area contributed by atoms with Gasteiger partial charge in [0.25, 0.3) is 5.91 Å². The Balaban J connectivity index is 1.41. The molecule has 158 valence electrons. The summed E-state index contributed by atoms with van der Waals surface area (Å²) in [7, 11) is 0. The van der Waals surface area contributed by atoms with Crippen LogP contribution in [0.15, 0.2) is 43.0 Å². The molecule has 4 rings (SSSR count). The molecule has 1 amide bonds. The van der Waals surface area contributed by atoms with E-state index in [0.29, 0.717) is 29.0 Å². The quantitative estimate of drug-likeness (QED) is 0.667. The van der Waals surface area contributed by atoms with Gasteiger partial charge in [-0.25, -0.2) is 9.50 Å². The predicted molar refractivity (Wildman–Crippen MR) is 117 cm³/mol. The number of pyridine rings is 1. The number of aromatic nitrogens is 4. The van der Waals surface area contributed by atoms with E-state index in [4.69, 9.17) is 0 Å². The van der Waals surface area contributed by atoms with Crippen LogP contribution in [0.1, 0.15) is 62.4 Å². The summed E-state index contributed by atoms with van der Waals surface area (Å²) in [6.45, 7) is 7.53. The van der Waals surface area contributed by atoms with Crippen molar-refractivity contribution in [1.82, 2.24) is 24.9 Å². The predicted octanol–water partition coefficient (Wildman–Crippen LogP) is 4.07. The molecule has 0 aliphatic heterocycles. The maximum atomic E-state index is 12.9. The van der Waals surface area contributed by atoms with Gasteiger partial charge in [-0.3, -0.25) is 9.78 Å². The van der Waals surface area contributed by atoms with Crippen molar-refractivity contribution in [2.24, 2.45) is 11.3 Å². The fourth-order valence-corrected chi connectivity index (χ4v) is 4.19. The Hall–Kier alpha value is -2.96. The summed E-state index contributed by atoms with van der Waals surface area (Å²) < 4.78 is 1.64. The summed E-state index contributed by atoms with van der Waals surface area (Å²) in [6, 6.07) is 5.98. The van der Waals surface area contributed by atoms with Gasteiger partial charge in [0, 0.05) is 31.2 Å². The molecule has 1 saturated carbocycles. The summed E-state index contributed by atoms with van der Waals surface area (Å²) >= 11 is 0. The lowest BCUT2D eigenvalue weighted by molar-refractivity contribution is 0.0905. The van der Waals surface area contributed by atoms with Crippen LogP contribution in [0.2, 0.25) is 0 Å². The summed E-state index contributed by atoms with van der Waals surface area (Å²) in [4.78, 5) is 21.7. The maximum Gasteiger partial charge on any atom is 0.256 e. The number of rotatable bonds is 5. The fourth-order valence-electron chi connectivity index (χ4n) is 4.19. The second kappa shape index (κ2) is 8.42. The molecule has 0 atom stereocenters. The number of nitrogens with one attached hydrogen (secondary N) is 2. The third-order valence-corrected chi connectivity index (χ3v) is 6.10. The van der Waals surface area contributed by atoms with E-state index in [2.05, 4.69) is 46.5 Å². The van der Waals surface area contributed by atoms with Crippen molar-refractivity contribution in [3.05, 3.63) is 54.1 Å². The zero-order chi connectivity index (χ0) is 21.1. The first-order valence-electron chi connectivity index (χ1n) is 10.7. The number of fused-ring (bicyclic) bond motifs is 1. The number of carbonyl (C=O) groups excluding carboxylic acids is 1. The molecular formula is C23H30N6O. The zero-order valence-electron chi connectivity index (χ0n) is 17.9. The van der Waals surface area contributed by atoms with Gasteiger partial charge in [-0.15, -0.1) is 0 Å². The van der Waals surface area contributed by atoms with Crippen LogP contribution in [0.4, 0.5) is 5.82 Å². The summed E-state index contributed by atoms with van der Waals surface area (Å²) in [5, 5.41) is 10.8. The zero-order valence-corrected chi connectivity index (χ0v) is 17.9. The minimum atomic E-state index is -0.0962. The molecule has 7 heteroatoms. The van der Waals surface area contributed by atoms with Gasteiger partial charge < -0.3 is 10.6 Å². The normalized spacial score (nSPS) is 19.6. The van der Waals surface area contributed by atoms with E-state index in [-0.39, 0.29) is 11.9 Å². The van der Waals surface area contributed by atoms with Crippen molar-refractivity contribution in [3.63, 3.8) is 0 Å². The Kier molecular flexibility index (Phi) is 5.70. The Labute approximate surface area is 177 Å². The van der Waals surface area contributed by atoms with Crippen LogP contribution >= 0.6 is 0 Å². The van der Waals surface area contributed by atoms with Gasteiger partial charge in [0.2, 0.25) is 0 Å². The topological polar surface area (TPSA) is 84.2 Å². The highest BCUT2D eigenvalue weighted by molar-refractivity contribution is 5.99. The van der Waals surface area contributed by atoms with Crippen molar-refractivity contribution in [3.8, 4) is 0 Å². The molecular weight excluding hydrogens is 376 g/mol.